The molecule has 0 saturated heterocycles. The highest BCUT2D eigenvalue weighted by Crippen LogP contribution is 2.00. The van der Waals surface area contributed by atoms with Crippen molar-refractivity contribution in [3.05, 3.63) is 35.9 Å². The minimum absolute atomic E-state index is 0.0615. The van der Waals surface area contributed by atoms with Gasteiger partial charge in [0.1, 0.15) is 6.54 Å². The maximum absolute atomic E-state index is 11.7. The van der Waals surface area contributed by atoms with Crippen LogP contribution in [0.4, 0.5) is 0 Å². The number of unbranched alkanes of at least 4 members (excludes halogenated alkanes) is 2. The standard InChI is InChI=1S/C15H19N3O2/c16-10-12-17-14(19)9-5-2-6-11-18-15(20)13-7-3-1-4-8-13/h1,3-4,7-8H,2,5-6,9,11-12H2,(H,17,19)(H,18,20). The van der Waals surface area contributed by atoms with Gasteiger partial charge in [0.05, 0.1) is 6.07 Å². The molecule has 2 amide bonds. The van der Waals surface area contributed by atoms with E-state index in [0.29, 0.717) is 18.5 Å². The van der Waals surface area contributed by atoms with Gasteiger partial charge in [-0.2, -0.15) is 5.26 Å². The average molecular weight is 273 g/mol. The van der Waals surface area contributed by atoms with Crippen molar-refractivity contribution >= 4 is 11.8 Å². The van der Waals surface area contributed by atoms with Crippen molar-refractivity contribution in [2.24, 2.45) is 0 Å². The highest BCUT2D eigenvalue weighted by atomic mass is 16.2. The third-order valence-corrected chi connectivity index (χ3v) is 2.77. The predicted molar refractivity (Wildman–Crippen MR) is 75.9 cm³/mol. The summed E-state index contributed by atoms with van der Waals surface area (Å²) < 4.78 is 0. The van der Waals surface area contributed by atoms with Gasteiger partial charge in [0.2, 0.25) is 5.91 Å². The zero-order valence-electron chi connectivity index (χ0n) is 11.4. The van der Waals surface area contributed by atoms with Crippen LogP contribution in [0.3, 0.4) is 0 Å². The largest absolute Gasteiger partial charge is 0.352 e. The second-order valence-corrected chi connectivity index (χ2v) is 4.37. The molecular weight excluding hydrogens is 254 g/mol. The van der Waals surface area contributed by atoms with Crippen molar-refractivity contribution in [3.8, 4) is 6.07 Å². The van der Waals surface area contributed by atoms with E-state index in [9.17, 15) is 9.59 Å². The Hall–Kier alpha value is -2.35. The first-order valence-electron chi connectivity index (χ1n) is 6.71. The summed E-state index contributed by atoms with van der Waals surface area (Å²) >= 11 is 0. The molecule has 1 rings (SSSR count). The molecule has 0 spiro atoms. The molecule has 0 heterocycles. The zero-order chi connectivity index (χ0) is 14.6. The summed E-state index contributed by atoms with van der Waals surface area (Å²) in [6.07, 6.45) is 2.89. The second-order valence-electron chi connectivity index (χ2n) is 4.37. The van der Waals surface area contributed by atoms with E-state index in [1.54, 1.807) is 12.1 Å². The lowest BCUT2D eigenvalue weighted by molar-refractivity contribution is -0.120. The summed E-state index contributed by atoms with van der Waals surface area (Å²) in [4.78, 5) is 22.9. The van der Waals surface area contributed by atoms with Gasteiger partial charge in [-0.25, -0.2) is 0 Å². The summed E-state index contributed by atoms with van der Waals surface area (Å²) in [5.41, 5.74) is 0.656. The molecule has 0 bridgehead atoms. The number of carbonyl (C=O) groups excluding carboxylic acids is 2. The number of rotatable bonds is 8. The van der Waals surface area contributed by atoms with Crippen LogP contribution in [0.15, 0.2) is 30.3 Å². The van der Waals surface area contributed by atoms with E-state index < -0.39 is 0 Å². The summed E-state index contributed by atoms with van der Waals surface area (Å²) in [5, 5.41) is 13.6. The smallest absolute Gasteiger partial charge is 0.251 e. The van der Waals surface area contributed by atoms with E-state index >= 15 is 0 Å². The predicted octanol–water partition coefficient (Wildman–Crippen LogP) is 1.62. The molecule has 0 atom stereocenters. The van der Waals surface area contributed by atoms with Crippen LogP contribution in [0, 0.1) is 11.3 Å². The molecule has 5 heteroatoms. The van der Waals surface area contributed by atoms with Gasteiger partial charge in [0.25, 0.3) is 5.91 Å². The molecule has 2 N–H and O–H groups in total. The molecule has 0 saturated carbocycles. The Morgan fingerprint density at radius 2 is 1.80 bits per heavy atom. The molecular formula is C15H19N3O2. The first-order valence-corrected chi connectivity index (χ1v) is 6.71. The Kier molecular flexibility index (Phi) is 7.51. The molecule has 0 fully saturated rings. The minimum Gasteiger partial charge on any atom is -0.352 e. The van der Waals surface area contributed by atoms with Crippen LogP contribution >= 0.6 is 0 Å². The van der Waals surface area contributed by atoms with Crippen LogP contribution in [0.1, 0.15) is 36.0 Å². The lowest BCUT2D eigenvalue weighted by Gasteiger charge is -2.05. The van der Waals surface area contributed by atoms with Crippen LogP contribution in [-0.4, -0.2) is 24.9 Å². The first kappa shape index (κ1) is 15.7. The third-order valence-electron chi connectivity index (χ3n) is 2.77. The van der Waals surface area contributed by atoms with Crippen LogP contribution in [-0.2, 0) is 4.79 Å². The number of nitrogens with one attached hydrogen (secondary N) is 2. The average Bonchev–Trinajstić information content (AvgIpc) is 2.49. The van der Waals surface area contributed by atoms with Crippen molar-refractivity contribution in [2.45, 2.75) is 25.7 Å². The van der Waals surface area contributed by atoms with Gasteiger partial charge in [-0.1, -0.05) is 24.6 Å². The summed E-state index contributed by atoms with van der Waals surface area (Å²) in [6, 6.07) is 10.9. The highest BCUT2D eigenvalue weighted by Gasteiger charge is 2.03. The SMILES string of the molecule is N#CCNC(=O)CCCCCNC(=O)c1ccccc1. The summed E-state index contributed by atoms with van der Waals surface area (Å²) in [5.74, 6) is -0.169. The summed E-state index contributed by atoms with van der Waals surface area (Å²) in [6.45, 7) is 0.666. The third kappa shape index (κ3) is 6.55. The second kappa shape index (κ2) is 9.56. The molecule has 106 valence electrons. The first-order chi connectivity index (χ1) is 9.74. The number of carbonyl (C=O) groups is 2. The van der Waals surface area contributed by atoms with Crippen LogP contribution in [0.5, 0.6) is 0 Å². The van der Waals surface area contributed by atoms with Gasteiger partial charge in [-0.3, -0.25) is 9.59 Å². The topological polar surface area (TPSA) is 82.0 Å². The van der Waals surface area contributed by atoms with Gasteiger partial charge in [-0.15, -0.1) is 0 Å². The molecule has 1 aromatic rings. The van der Waals surface area contributed by atoms with E-state index in [-0.39, 0.29) is 18.4 Å². The van der Waals surface area contributed by atoms with Crippen molar-refractivity contribution in [2.75, 3.05) is 13.1 Å². The molecule has 0 aliphatic heterocycles. The molecule has 0 unspecified atom stereocenters. The van der Waals surface area contributed by atoms with E-state index in [1.807, 2.05) is 24.3 Å². The Bertz CT molecular complexity index is 466. The fourth-order valence-corrected chi connectivity index (χ4v) is 1.71. The van der Waals surface area contributed by atoms with Crippen molar-refractivity contribution in [3.63, 3.8) is 0 Å². The van der Waals surface area contributed by atoms with E-state index in [2.05, 4.69) is 10.6 Å². The normalized spacial score (nSPS) is 9.55. The lowest BCUT2D eigenvalue weighted by atomic mass is 10.1. The van der Waals surface area contributed by atoms with Crippen LogP contribution < -0.4 is 10.6 Å². The van der Waals surface area contributed by atoms with Crippen LogP contribution in [0.2, 0.25) is 0 Å². The Morgan fingerprint density at radius 3 is 2.50 bits per heavy atom. The molecule has 0 aliphatic rings. The maximum atomic E-state index is 11.7. The minimum atomic E-state index is -0.0973. The number of hydrogen-bond acceptors (Lipinski definition) is 3. The lowest BCUT2D eigenvalue weighted by Crippen LogP contribution is -2.24. The fraction of sp³-hybridized carbons (Fsp3) is 0.400. The van der Waals surface area contributed by atoms with Crippen LogP contribution in [0.25, 0.3) is 0 Å². The quantitative estimate of drug-likeness (QED) is 0.557. The molecule has 20 heavy (non-hydrogen) atoms. The van der Waals surface area contributed by atoms with Gasteiger partial charge >= 0.3 is 0 Å². The molecule has 0 aromatic heterocycles. The Morgan fingerprint density at radius 1 is 1.05 bits per heavy atom. The molecule has 5 nitrogen and oxygen atoms in total. The fourth-order valence-electron chi connectivity index (χ4n) is 1.71. The van der Waals surface area contributed by atoms with E-state index in [0.717, 1.165) is 19.3 Å². The van der Waals surface area contributed by atoms with Gasteiger partial charge in [0, 0.05) is 18.5 Å². The van der Waals surface area contributed by atoms with Gasteiger partial charge < -0.3 is 10.6 Å². The number of hydrogen-bond donors (Lipinski definition) is 2. The van der Waals surface area contributed by atoms with E-state index in [4.69, 9.17) is 5.26 Å². The van der Waals surface area contributed by atoms with Gasteiger partial charge in [-0.05, 0) is 25.0 Å². The van der Waals surface area contributed by atoms with Crippen molar-refractivity contribution in [1.82, 2.24) is 10.6 Å². The monoisotopic (exact) mass is 273 g/mol. The number of benzene rings is 1. The van der Waals surface area contributed by atoms with E-state index in [1.165, 1.54) is 0 Å². The Balaban J connectivity index is 2.04. The Labute approximate surface area is 119 Å². The van der Waals surface area contributed by atoms with Crippen molar-refractivity contribution in [1.29, 1.82) is 5.26 Å². The highest BCUT2D eigenvalue weighted by molar-refractivity contribution is 5.94. The zero-order valence-corrected chi connectivity index (χ0v) is 11.4. The number of amides is 2. The number of nitriles is 1. The maximum Gasteiger partial charge on any atom is 0.251 e. The molecule has 0 aliphatic carbocycles. The van der Waals surface area contributed by atoms with Gasteiger partial charge in [0.15, 0.2) is 0 Å². The molecule has 1 aromatic carbocycles. The number of nitrogens with zero attached hydrogens (tertiary/aromatic N) is 1. The van der Waals surface area contributed by atoms with Crippen molar-refractivity contribution < 1.29 is 9.59 Å². The summed E-state index contributed by atoms with van der Waals surface area (Å²) in [7, 11) is 0. The molecule has 0 radical (unpaired) electrons.